The van der Waals surface area contributed by atoms with Crippen molar-refractivity contribution in [3.8, 4) is 11.3 Å². The Morgan fingerprint density at radius 2 is 2.00 bits per heavy atom. The van der Waals surface area contributed by atoms with Crippen LogP contribution in [0.15, 0.2) is 56.3 Å². The van der Waals surface area contributed by atoms with Crippen molar-refractivity contribution >= 4 is 17.0 Å². The molecule has 0 bridgehead atoms. The number of nitrogens with one attached hydrogen (secondary N) is 1. The lowest BCUT2D eigenvalue weighted by Gasteiger charge is -2.08. The zero-order valence-electron chi connectivity index (χ0n) is 15.6. The summed E-state index contributed by atoms with van der Waals surface area (Å²) in [5.41, 5.74) is 3.87. The molecule has 0 radical (unpaired) electrons. The van der Waals surface area contributed by atoms with Crippen LogP contribution in [0, 0.1) is 13.8 Å². The highest BCUT2D eigenvalue weighted by Crippen LogP contribution is 2.26. The summed E-state index contributed by atoms with van der Waals surface area (Å²) in [5, 5.41) is 7.36. The molecule has 4 rings (SSSR count). The Morgan fingerprint density at radius 3 is 2.79 bits per heavy atom. The lowest BCUT2D eigenvalue weighted by molar-refractivity contribution is -0.121. The molecule has 1 N–H and O–H groups in total. The minimum atomic E-state index is -0.544. The normalized spacial score (nSPS) is 11.2. The fourth-order valence-electron chi connectivity index (χ4n) is 3.36. The topological polar surface area (TPSA) is 95.2 Å². The lowest BCUT2D eigenvalue weighted by Crippen LogP contribution is -2.33. The van der Waals surface area contributed by atoms with Crippen molar-refractivity contribution in [1.29, 1.82) is 0 Å². The van der Waals surface area contributed by atoms with Gasteiger partial charge in [0, 0.05) is 12.2 Å². The van der Waals surface area contributed by atoms with Gasteiger partial charge in [-0.1, -0.05) is 12.1 Å². The molecule has 1 aromatic carbocycles. The van der Waals surface area contributed by atoms with E-state index in [4.69, 9.17) is 8.83 Å². The number of rotatable bonds is 6. The number of nitrogens with zero attached hydrogens (tertiary/aromatic N) is 3. The molecule has 0 saturated carbocycles. The predicted molar refractivity (Wildman–Crippen MR) is 103 cm³/mol. The van der Waals surface area contributed by atoms with Gasteiger partial charge in [0.1, 0.15) is 12.3 Å². The standard InChI is InChI=1S/C20H20N4O4/c1-13-19(17-8-5-11-27-17)14(2)24(22-13)10-9-21-18(25)12-23-15-6-3-4-7-16(15)28-20(23)26/h3-8,11H,9-10,12H2,1-2H3,(H,21,25). The number of carbonyl (C=O) groups excluding carboxylic acids is 1. The Hall–Kier alpha value is -3.55. The first-order valence-electron chi connectivity index (χ1n) is 8.97. The van der Waals surface area contributed by atoms with E-state index >= 15 is 0 Å². The van der Waals surface area contributed by atoms with E-state index in [2.05, 4.69) is 10.4 Å². The van der Waals surface area contributed by atoms with Crippen molar-refractivity contribution in [2.24, 2.45) is 0 Å². The Labute approximate surface area is 160 Å². The largest absolute Gasteiger partial charge is 0.464 e. The van der Waals surface area contributed by atoms with Crippen LogP contribution in [0.4, 0.5) is 0 Å². The second-order valence-corrected chi connectivity index (χ2v) is 6.52. The summed E-state index contributed by atoms with van der Waals surface area (Å²) in [6.07, 6.45) is 1.63. The molecule has 0 spiro atoms. The van der Waals surface area contributed by atoms with E-state index in [0.717, 1.165) is 22.7 Å². The molecule has 3 heterocycles. The number of para-hydroxylation sites is 2. The van der Waals surface area contributed by atoms with Gasteiger partial charge >= 0.3 is 5.76 Å². The van der Waals surface area contributed by atoms with Crippen molar-refractivity contribution in [1.82, 2.24) is 19.7 Å². The smallest absolute Gasteiger partial charge is 0.420 e. The molecule has 144 valence electrons. The average Bonchev–Trinajstić information content (AvgIpc) is 3.35. The SMILES string of the molecule is Cc1nn(CCNC(=O)Cn2c(=O)oc3ccccc32)c(C)c1-c1ccco1. The van der Waals surface area contributed by atoms with Gasteiger partial charge in [0.15, 0.2) is 5.58 Å². The fourth-order valence-corrected chi connectivity index (χ4v) is 3.36. The van der Waals surface area contributed by atoms with Gasteiger partial charge in [0.25, 0.3) is 0 Å². The molecule has 0 aliphatic rings. The van der Waals surface area contributed by atoms with Crippen LogP contribution in [0.5, 0.6) is 0 Å². The number of oxazole rings is 1. The second-order valence-electron chi connectivity index (χ2n) is 6.52. The second kappa shape index (κ2) is 7.22. The molecule has 0 unspecified atom stereocenters. The van der Waals surface area contributed by atoms with Gasteiger partial charge in [0.05, 0.1) is 29.6 Å². The highest BCUT2D eigenvalue weighted by atomic mass is 16.4. The van der Waals surface area contributed by atoms with E-state index in [1.807, 2.05) is 30.7 Å². The quantitative estimate of drug-likeness (QED) is 0.554. The Bertz CT molecular complexity index is 1180. The minimum Gasteiger partial charge on any atom is -0.464 e. The first-order chi connectivity index (χ1) is 13.5. The van der Waals surface area contributed by atoms with Crippen LogP contribution in [0.25, 0.3) is 22.4 Å². The number of fused-ring (bicyclic) bond motifs is 1. The number of furan rings is 1. The van der Waals surface area contributed by atoms with Crippen molar-refractivity contribution in [2.75, 3.05) is 6.54 Å². The molecule has 0 aliphatic carbocycles. The van der Waals surface area contributed by atoms with E-state index in [1.165, 1.54) is 4.57 Å². The lowest BCUT2D eigenvalue weighted by atomic mass is 10.1. The van der Waals surface area contributed by atoms with Crippen molar-refractivity contribution in [3.05, 3.63) is 64.6 Å². The molecule has 28 heavy (non-hydrogen) atoms. The first kappa shape index (κ1) is 17.8. The maximum Gasteiger partial charge on any atom is 0.420 e. The maximum absolute atomic E-state index is 12.3. The van der Waals surface area contributed by atoms with E-state index < -0.39 is 5.76 Å². The molecule has 8 nitrogen and oxygen atoms in total. The molecule has 8 heteroatoms. The highest BCUT2D eigenvalue weighted by molar-refractivity contribution is 5.79. The third-order valence-corrected chi connectivity index (χ3v) is 4.67. The molecule has 0 aliphatic heterocycles. The minimum absolute atomic E-state index is 0.0926. The van der Waals surface area contributed by atoms with Crippen LogP contribution in [-0.2, 0) is 17.9 Å². The van der Waals surface area contributed by atoms with Gasteiger partial charge in [-0.15, -0.1) is 0 Å². The number of amides is 1. The summed E-state index contributed by atoms with van der Waals surface area (Å²) in [7, 11) is 0. The van der Waals surface area contributed by atoms with Crippen LogP contribution in [0.3, 0.4) is 0 Å². The molecule has 1 amide bonds. The van der Waals surface area contributed by atoms with Gasteiger partial charge in [-0.3, -0.25) is 14.0 Å². The van der Waals surface area contributed by atoms with Crippen LogP contribution < -0.4 is 11.1 Å². The summed E-state index contributed by atoms with van der Waals surface area (Å²) in [6.45, 7) is 4.71. The average molecular weight is 380 g/mol. The molecule has 4 aromatic rings. The van der Waals surface area contributed by atoms with E-state index in [9.17, 15) is 9.59 Å². The third-order valence-electron chi connectivity index (χ3n) is 4.67. The zero-order chi connectivity index (χ0) is 19.7. The molecular weight excluding hydrogens is 360 g/mol. The van der Waals surface area contributed by atoms with E-state index in [-0.39, 0.29) is 12.5 Å². The number of benzene rings is 1. The van der Waals surface area contributed by atoms with Crippen LogP contribution in [0.1, 0.15) is 11.4 Å². The maximum atomic E-state index is 12.3. The molecule has 0 fully saturated rings. The molecule has 3 aromatic heterocycles. The van der Waals surface area contributed by atoms with Crippen LogP contribution in [-0.4, -0.2) is 26.8 Å². The Morgan fingerprint density at radius 1 is 1.18 bits per heavy atom. The monoisotopic (exact) mass is 380 g/mol. The van der Waals surface area contributed by atoms with Crippen LogP contribution in [0.2, 0.25) is 0 Å². The van der Waals surface area contributed by atoms with E-state index in [0.29, 0.717) is 24.2 Å². The third kappa shape index (κ3) is 3.24. The van der Waals surface area contributed by atoms with Gasteiger partial charge in [0.2, 0.25) is 5.91 Å². The number of carbonyl (C=O) groups is 1. The number of hydrogen-bond donors (Lipinski definition) is 1. The number of aryl methyl sites for hydroxylation is 1. The van der Waals surface area contributed by atoms with E-state index in [1.54, 1.807) is 30.5 Å². The van der Waals surface area contributed by atoms with Gasteiger partial charge in [-0.25, -0.2) is 4.79 Å². The van der Waals surface area contributed by atoms with Gasteiger partial charge < -0.3 is 14.2 Å². The summed E-state index contributed by atoms with van der Waals surface area (Å²) >= 11 is 0. The Balaban J connectivity index is 1.40. The molecule has 0 atom stereocenters. The molecular formula is C20H20N4O4. The Kier molecular flexibility index (Phi) is 4.60. The summed E-state index contributed by atoms with van der Waals surface area (Å²) in [4.78, 5) is 24.2. The number of hydrogen-bond acceptors (Lipinski definition) is 5. The summed E-state index contributed by atoms with van der Waals surface area (Å²) < 4.78 is 13.8. The summed E-state index contributed by atoms with van der Waals surface area (Å²) in [6, 6.07) is 10.8. The zero-order valence-corrected chi connectivity index (χ0v) is 15.6. The predicted octanol–water partition coefficient (Wildman–Crippen LogP) is 2.48. The first-order valence-corrected chi connectivity index (χ1v) is 8.97. The summed E-state index contributed by atoms with van der Waals surface area (Å²) in [5.74, 6) is -0.0316. The fraction of sp³-hybridized carbons (Fsp3) is 0.250. The van der Waals surface area contributed by atoms with Crippen molar-refractivity contribution in [2.45, 2.75) is 26.9 Å². The van der Waals surface area contributed by atoms with Gasteiger partial charge in [-0.05, 0) is 38.1 Å². The molecule has 0 saturated heterocycles. The number of aromatic nitrogens is 3. The van der Waals surface area contributed by atoms with Gasteiger partial charge in [-0.2, -0.15) is 5.10 Å². The van der Waals surface area contributed by atoms with Crippen molar-refractivity contribution < 1.29 is 13.6 Å². The van der Waals surface area contributed by atoms with Crippen LogP contribution >= 0.6 is 0 Å². The van der Waals surface area contributed by atoms with Crippen molar-refractivity contribution in [3.63, 3.8) is 0 Å². The highest BCUT2D eigenvalue weighted by Gasteiger charge is 2.16.